The molecule has 0 aliphatic carbocycles. The summed E-state index contributed by atoms with van der Waals surface area (Å²) in [7, 11) is 3.72. The fourth-order valence-corrected chi connectivity index (χ4v) is 2.62. The number of aliphatic imine (C=N–C) groups is 1. The molecule has 0 bridgehead atoms. The zero-order valence-electron chi connectivity index (χ0n) is 14.1. The van der Waals surface area contributed by atoms with Crippen molar-refractivity contribution in [1.29, 1.82) is 0 Å². The maximum Gasteiger partial charge on any atom is 0.191 e. The number of ether oxygens (including phenoxy) is 1. The standard InChI is InChI=1S/C16H22N6O.HI/c1-11-20-21-15(22(11)3)10-18-16(17-2)19-13-8-9-23-14-7-5-4-6-12(13)14;/h4-7,13H,8-10H2,1-3H3,(H2,17,18,19);1H. The summed E-state index contributed by atoms with van der Waals surface area (Å²) in [5.41, 5.74) is 1.16. The lowest BCUT2D eigenvalue weighted by Gasteiger charge is -2.28. The van der Waals surface area contributed by atoms with Crippen LogP contribution in [0, 0.1) is 6.92 Å². The van der Waals surface area contributed by atoms with Crippen molar-refractivity contribution in [3.05, 3.63) is 41.5 Å². The summed E-state index contributed by atoms with van der Waals surface area (Å²) in [6, 6.07) is 8.30. The highest BCUT2D eigenvalue weighted by atomic mass is 127. The van der Waals surface area contributed by atoms with Crippen LogP contribution >= 0.6 is 24.0 Å². The maximum atomic E-state index is 5.69. The third-order valence-corrected chi connectivity index (χ3v) is 4.09. The summed E-state index contributed by atoms with van der Waals surface area (Å²) in [5.74, 6) is 3.45. The molecule has 130 valence electrons. The predicted molar refractivity (Wildman–Crippen MR) is 104 cm³/mol. The second-order valence-corrected chi connectivity index (χ2v) is 5.52. The van der Waals surface area contributed by atoms with Crippen molar-refractivity contribution < 1.29 is 4.74 Å². The second kappa shape index (κ2) is 8.32. The largest absolute Gasteiger partial charge is 0.493 e. The molecule has 1 atom stereocenters. The molecule has 0 spiro atoms. The molecule has 2 N–H and O–H groups in total. The minimum atomic E-state index is 0. The lowest BCUT2D eigenvalue weighted by molar-refractivity contribution is 0.261. The van der Waals surface area contributed by atoms with E-state index in [2.05, 4.69) is 31.9 Å². The third-order valence-electron chi connectivity index (χ3n) is 4.09. The zero-order valence-corrected chi connectivity index (χ0v) is 16.4. The van der Waals surface area contributed by atoms with Crippen LogP contribution in [0.5, 0.6) is 5.75 Å². The number of nitrogens with one attached hydrogen (secondary N) is 2. The number of nitrogens with zero attached hydrogens (tertiary/aromatic N) is 4. The molecule has 2 aromatic rings. The van der Waals surface area contributed by atoms with Gasteiger partial charge in [0.2, 0.25) is 0 Å². The molecular formula is C16H23IN6O. The lowest BCUT2D eigenvalue weighted by Crippen LogP contribution is -2.41. The van der Waals surface area contributed by atoms with Gasteiger partial charge in [-0.2, -0.15) is 0 Å². The molecule has 8 heteroatoms. The van der Waals surface area contributed by atoms with Gasteiger partial charge in [0, 0.05) is 26.1 Å². The van der Waals surface area contributed by atoms with E-state index < -0.39 is 0 Å². The summed E-state index contributed by atoms with van der Waals surface area (Å²) in [6.45, 7) is 3.21. The number of aromatic nitrogens is 3. The Morgan fingerprint density at radius 3 is 2.88 bits per heavy atom. The first kappa shape index (κ1) is 18.5. The Balaban J connectivity index is 0.00000208. The van der Waals surface area contributed by atoms with Gasteiger partial charge in [-0.15, -0.1) is 34.2 Å². The number of hydrogen-bond acceptors (Lipinski definition) is 4. The monoisotopic (exact) mass is 442 g/mol. The van der Waals surface area contributed by atoms with Crippen LogP contribution in [0.15, 0.2) is 29.3 Å². The minimum Gasteiger partial charge on any atom is -0.493 e. The Hall–Kier alpha value is -1.84. The molecule has 0 saturated carbocycles. The number of hydrogen-bond donors (Lipinski definition) is 2. The SMILES string of the molecule is CN=C(NCc1nnc(C)n1C)NC1CCOc2ccccc21.I. The first-order chi connectivity index (χ1) is 11.2. The average molecular weight is 442 g/mol. The molecule has 1 aliphatic rings. The molecule has 1 aromatic heterocycles. The van der Waals surface area contributed by atoms with Crippen LogP contribution in [0.3, 0.4) is 0 Å². The van der Waals surface area contributed by atoms with Crippen molar-refractivity contribution >= 4 is 29.9 Å². The second-order valence-electron chi connectivity index (χ2n) is 5.52. The summed E-state index contributed by atoms with van der Waals surface area (Å²) >= 11 is 0. The highest BCUT2D eigenvalue weighted by Gasteiger charge is 2.21. The van der Waals surface area contributed by atoms with E-state index in [4.69, 9.17) is 4.74 Å². The van der Waals surface area contributed by atoms with E-state index in [0.29, 0.717) is 13.2 Å². The molecule has 0 fully saturated rings. The predicted octanol–water partition coefficient (Wildman–Crippen LogP) is 1.93. The van der Waals surface area contributed by atoms with Crippen molar-refractivity contribution in [1.82, 2.24) is 25.4 Å². The summed E-state index contributed by atoms with van der Waals surface area (Å²) < 4.78 is 7.66. The molecule has 3 rings (SSSR count). The highest BCUT2D eigenvalue weighted by molar-refractivity contribution is 14.0. The van der Waals surface area contributed by atoms with E-state index in [0.717, 1.165) is 35.3 Å². The Bertz CT molecular complexity index is 714. The Morgan fingerprint density at radius 2 is 2.17 bits per heavy atom. The first-order valence-corrected chi connectivity index (χ1v) is 7.73. The third kappa shape index (κ3) is 3.97. The molecule has 1 unspecified atom stereocenters. The van der Waals surface area contributed by atoms with Gasteiger partial charge in [-0.05, 0) is 13.0 Å². The van der Waals surface area contributed by atoms with Crippen LogP contribution in [0.4, 0.5) is 0 Å². The van der Waals surface area contributed by atoms with Gasteiger partial charge in [-0.1, -0.05) is 18.2 Å². The summed E-state index contributed by atoms with van der Waals surface area (Å²) in [5, 5.41) is 15.0. The number of rotatable bonds is 3. The first-order valence-electron chi connectivity index (χ1n) is 7.73. The molecule has 1 aromatic carbocycles. The van der Waals surface area contributed by atoms with Gasteiger partial charge in [0.25, 0.3) is 0 Å². The molecule has 0 amide bonds. The molecule has 24 heavy (non-hydrogen) atoms. The Morgan fingerprint density at radius 1 is 1.38 bits per heavy atom. The Labute approximate surface area is 158 Å². The van der Waals surface area contributed by atoms with E-state index in [1.54, 1.807) is 7.05 Å². The normalized spacial score (nSPS) is 16.6. The van der Waals surface area contributed by atoms with Crippen molar-refractivity contribution in [3.8, 4) is 5.75 Å². The molecule has 2 heterocycles. The molecule has 0 radical (unpaired) electrons. The Kier molecular flexibility index (Phi) is 6.41. The van der Waals surface area contributed by atoms with Gasteiger partial charge in [0.15, 0.2) is 11.8 Å². The van der Waals surface area contributed by atoms with Gasteiger partial charge in [-0.3, -0.25) is 4.99 Å². The van der Waals surface area contributed by atoms with Gasteiger partial charge in [0.05, 0.1) is 19.2 Å². The number of para-hydroxylation sites is 1. The maximum absolute atomic E-state index is 5.69. The van der Waals surface area contributed by atoms with E-state index in [-0.39, 0.29) is 30.0 Å². The van der Waals surface area contributed by atoms with Crippen molar-refractivity contribution in [3.63, 3.8) is 0 Å². The minimum absolute atomic E-state index is 0. The lowest BCUT2D eigenvalue weighted by atomic mass is 10.0. The van der Waals surface area contributed by atoms with Gasteiger partial charge < -0.3 is 19.9 Å². The van der Waals surface area contributed by atoms with Crippen LogP contribution in [-0.4, -0.2) is 34.4 Å². The highest BCUT2D eigenvalue weighted by Crippen LogP contribution is 2.31. The number of fused-ring (bicyclic) bond motifs is 1. The van der Waals surface area contributed by atoms with Crippen molar-refractivity contribution in [2.24, 2.45) is 12.0 Å². The molecule has 1 aliphatic heterocycles. The smallest absolute Gasteiger partial charge is 0.191 e. The van der Waals surface area contributed by atoms with E-state index in [1.165, 1.54) is 0 Å². The van der Waals surface area contributed by atoms with Gasteiger partial charge in [0.1, 0.15) is 11.6 Å². The summed E-state index contributed by atoms with van der Waals surface area (Å²) in [4.78, 5) is 4.30. The van der Waals surface area contributed by atoms with Crippen LogP contribution in [0.2, 0.25) is 0 Å². The van der Waals surface area contributed by atoms with E-state index in [9.17, 15) is 0 Å². The van der Waals surface area contributed by atoms with Crippen LogP contribution in [-0.2, 0) is 13.6 Å². The fourth-order valence-electron chi connectivity index (χ4n) is 2.62. The number of halogens is 1. The molecular weight excluding hydrogens is 419 g/mol. The molecule has 7 nitrogen and oxygen atoms in total. The van der Waals surface area contributed by atoms with Crippen molar-refractivity contribution in [2.75, 3.05) is 13.7 Å². The number of guanidine groups is 1. The topological polar surface area (TPSA) is 76.4 Å². The van der Waals surface area contributed by atoms with E-state index >= 15 is 0 Å². The van der Waals surface area contributed by atoms with Gasteiger partial charge in [-0.25, -0.2) is 0 Å². The zero-order chi connectivity index (χ0) is 16.2. The van der Waals surface area contributed by atoms with Crippen LogP contribution in [0.25, 0.3) is 0 Å². The summed E-state index contributed by atoms with van der Waals surface area (Å²) in [6.07, 6.45) is 0.904. The fraction of sp³-hybridized carbons (Fsp3) is 0.438. The van der Waals surface area contributed by atoms with E-state index in [1.807, 2.05) is 36.7 Å². The number of aryl methyl sites for hydroxylation is 1. The van der Waals surface area contributed by atoms with Crippen LogP contribution < -0.4 is 15.4 Å². The quantitative estimate of drug-likeness (QED) is 0.432. The number of benzene rings is 1. The average Bonchev–Trinajstić information content (AvgIpc) is 2.90. The van der Waals surface area contributed by atoms with Gasteiger partial charge >= 0.3 is 0 Å². The van der Waals surface area contributed by atoms with Crippen molar-refractivity contribution in [2.45, 2.75) is 25.9 Å². The van der Waals surface area contributed by atoms with Crippen LogP contribution in [0.1, 0.15) is 29.7 Å². The molecule has 0 saturated heterocycles.